The molecule has 1 aliphatic rings. The number of halogens is 1. The predicted octanol–water partition coefficient (Wildman–Crippen LogP) is 3.27. The van der Waals surface area contributed by atoms with Gasteiger partial charge in [0.1, 0.15) is 0 Å². The first-order valence-corrected chi connectivity index (χ1v) is 10.1. The van der Waals surface area contributed by atoms with Crippen LogP contribution in [0, 0.1) is 6.92 Å². The molecule has 3 rings (SSSR count). The first-order valence-electron chi connectivity index (χ1n) is 8.19. The maximum absolute atomic E-state index is 12.7. The largest absolute Gasteiger partial charge is 0.341 e. The highest BCUT2D eigenvalue weighted by atomic mass is 35.5. The lowest BCUT2D eigenvalue weighted by atomic mass is 10.1. The van der Waals surface area contributed by atoms with Crippen LogP contribution in [-0.4, -0.2) is 37.6 Å². The Balaban J connectivity index is 1.68. The molecule has 1 fully saturated rings. The lowest BCUT2D eigenvalue weighted by Crippen LogP contribution is -2.33. The Labute approximate surface area is 153 Å². The van der Waals surface area contributed by atoms with Crippen LogP contribution >= 0.6 is 11.6 Å². The van der Waals surface area contributed by atoms with Gasteiger partial charge in [0.05, 0.1) is 16.6 Å². The minimum atomic E-state index is -3.45. The van der Waals surface area contributed by atoms with Gasteiger partial charge in [0.25, 0.3) is 0 Å². The van der Waals surface area contributed by atoms with Crippen LogP contribution in [0.3, 0.4) is 0 Å². The summed E-state index contributed by atoms with van der Waals surface area (Å²) in [6.07, 6.45) is 0.764. The van der Waals surface area contributed by atoms with Gasteiger partial charge in [0, 0.05) is 18.1 Å². The van der Waals surface area contributed by atoms with E-state index in [0.29, 0.717) is 24.4 Å². The quantitative estimate of drug-likeness (QED) is 0.821. The summed E-state index contributed by atoms with van der Waals surface area (Å²) in [6.45, 7) is 2.70. The summed E-state index contributed by atoms with van der Waals surface area (Å²) in [7, 11) is -3.45. The first-order chi connectivity index (χ1) is 11.9. The molecule has 0 bridgehead atoms. The fourth-order valence-corrected chi connectivity index (χ4v) is 4.95. The number of nitrogens with zero attached hydrogens (tertiary/aromatic N) is 1. The molecule has 1 amide bonds. The van der Waals surface area contributed by atoms with E-state index in [1.54, 1.807) is 17.0 Å². The Kier molecular flexibility index (Phi) is 5.16. The Morgan fingerprint density at radius 2 is 1.92 bits per heavy atom. The molecular formula is C19H20ClNO3S. The highest BCUT2D eigenvalue weighted by Gasteiger charge is 2.35. The molecular weight excluding hydrogens is 358 g/mol. The zero-order valence-electron chi connectivity index (χ0n) is 14.0. The number of sulfone groups is 1. The summed E-state index contributed by atoms with van der Waals surface area (Å²) >= 11 is 5.83. The third-order valence-corrected chi connectivity index (χ3v) is 6.96. The maximum atomic E-state index is 12.7. The van der Waals surface area contributed by atoms with E-state index in [1.807, 2.05) is 31.2 Å². The average molecular weight is 378 g/mol. The number of likely N-dealkylation sites (tertiary alicyclic amines) is 1. The normalized spacial score (nSPS) is 17.7. The number of aryl methyl sites for hydroxylation is 1. The molecule has 1 unspecified atom stereocenters. The fourth-order valence-electron chi connectivity index (χ4n) is 3.13. The van der Waals surface area contributed by atoms with Gasteiger partial charge in [0.15, 0.2) is 9.84 Å². The summed E-state index contributed by atoms with van der Waals surface area (Å²) in [4.78, 5) is 14.4. The van der Waals surface area contributed by atoms with Crippen molar-refractivity contribution in [2.45, 2.75) is 29.9 Å². The zero-order valence-corrected chi connectivity index (χ0v) is 15.6. The van der Waals surface area contributed by atoms with E-state index in [4.69, 9.17) is 11.6 Å². The van der Waals surface area contributed by atoms with Crippen molar-refractivity contribution in [2.24, 2.45) is 0 Å². The van der Waals surface area contributed by atoms with Crippen LogP contribution < -0.4 is 0 Å². The van der Waals surface area contributed by atoms with Crippen LogP contribution in [0.5, 0.6) is 0 Å². The van der Waals surface area contributed by atoms with Crippen molar-refractivity contribution in [2.75, 3.05) is 13.1 Å². The van der Waals surface area contributed by atoms with E-state index >= 15 is 0 Å². The number of hydrogen-bond donors (Lipinski definition) is 0. The van der Waals surface area contributed by atoms with Gasteiger partial charge in [-0.05, 0) is 43.2 Å². The second-order valence-electron chi connectivity index (χ2n) is 6.42. The molecule has 1 saturated heterocycles. The summed E-state index contributed by atoms with van der Waals surface area (Å²) < 4.78 is 25.5. The second-order valence-corrected chi connectivity index (χ2v) is 9.08. The van der Waals surface area contributed by atoms with Crippen LogP contribution in [0.4, 0.5) is 0 Å². The van der Waals surface area contributed by atoms with Crippen molar-refractivity contribution in [1.29, 1.82) is 0 Å². The van der Waals surface area contributed by atoms with Crippen LogP contribution in [0.15, 0.2) is 53.4 Å². The number of carbonyl (C=O) groups excluding carboxylic acids is 1. The molecule has 132 valence electrons. The molecule has 25 heavy (non-hydrogen) atoms. The van der Waals surface area contributed by atoms with Gasteiger partial charge in [-0.1, -0.05) is 41.4 Å². The van der Waals surface area contributed by atoms with Gasteiger partial charge in [-0.2, -0.15) is 0 Å². The van der Waals surface area contributed by atoms with Crippen LogP contribution in [0.1, 0.15) is 17.5 Å². The van der Waals surface area contributed by atoms with Gasteiger partial charge >= 0.3 is 0 Å². The number of carbonyl (C=O) groups is 1. The Morgan fingerprint density at radius 3 is 2.60 bits per heavy atom. The minimum Gasteiger partial charge on any atom is -0.341 e. The predicted molar refractivity (Wildman–Crippen MR) is 98.5 cm³/mol. The summed E-state index contributed by atoms with van der Waals surface area (Å²) in [5, 5.41) is -0.0598. The van der Waals surface area contributed by atoms with E-state index in [-0.39, 0.29) is 17.3 Å². The topological polar surface area (TPSA) is 54.5 Å². The molecule has 0 radical (unpaired) electrons. The molecule has 0 spiro atoms. The maximum Gasteiger partial charge on any atom is 0.227 e. The van der Waals surface area contributed by atoms with Crippen molar-refractivity contribution in [3.8, 4) is 0 Å². The van der Waals surface area contributed by atoms with Gasteiger partial charge < -0.3 is 4.90 Å². The molecule has 1 atom stereocenters. The molecule has 4 nitrogen and oxygen atoms in total. The average Bonchev–Trinajstić information content (AvgIpc) is 3.06. The van der Waals surface area contributed by atoms with Crippen LogP contribution in [0.2, 0.25) is 5.02 Å². The van der Waals surface area contributed by atoms with E-state index in [9.17, 15) is 13.2 Å². The fraction of sp³-hybridized carbons (Fsp3) is 0.316. The van der Waals surface area contributed by atoms with Crippen molar-refractivity contribution in [3.05, 3.63) is 64.7 Å². The lowest BCUT2D eigenvalue weighted by Gasteiger charge is -2.17. The molecule has 1 aliphatic heterocycles. The van der Waals surface area contributed by atoms with Crippen LogP contribution in [0.25, 0.3) is 0 Å². The molecule has 0 aromatic heterocycles. The van der Waals surface area contributed by atoms with E-state index < -0.39 is 15.1 Å². The minimum absolute atomic E-state index is 0.0283. The first kappa shape index (κ1) is 18.0. The molecule has 6 heteroatoms. The second kappa shape index (κ2) is 7.18. The third-order valence-electron chi connectivity index (χ3n) is 4.52. The number of hydrogen-bond acceptors (Lipinski definition) is 3. The Morgan fingerprint density at radius 1 is 1.20 bits per heavy atom. The van der Waals surface area contributed by atoms with Gasteiger partial charge in [-0.25, -0.2) is 8.42 Å². The Hall–Kier alpha value is -1.85. The molecule has 1 heterocycles. The van der Waals surface area contributed by atoms with E-state index in [0.717, 1.165) is 11.1 Å². The molecule has 2 aromatic carbocycles. The standard InChI is InChI=1S/C19H20ClNO3S/c1-14-3-2-4-15(11-14)12-19(22)21-10-9-18(13-21)25(23,24)17-7-5-16(20)6-8-17/h2-8,11,18H,9-10,12-13H2,1H3. The van der Waals surface area contributed by atoms with Crippen molar-refractivity contribution >= 4 is 27.3 Å². The molecule has 2 aromatic rings. The molecule has 0 saturated carbocycles. The smallest absolute Gasteiger partial charge is 0.227 e. The van der Waals surface area contributed by atoms with Crippen molar-refractivity contribution in [1.82, 2.24) is 4.90 Å². The SMILES string of the molecule is Cc1cccc(CC(=O)N2CCC(S(=O)(=O)c3ccc(Cl)cc3)C2)c1. The van der Waals surface area contributed by atoms with E-state index in [2.05, 4.69) is 0 Å². The van der Waals surface area contributed by atoms with Gasteiger partial charge in [-0.15, -0.1) is 0 Å². The highest BCUT2D eigenvalue weighted by molar-refractivity contribution is 7.92. The molecule has 0 aliphatic carbocycles. The zero-order chi connectivity index (χ0) is 18.0. The van der Waals surface area contributed by atoms with Gasteiger partial charge in [-0.3, -0.25) is 4.79 Å². The van der Waals surface area contributed by atoms with Crippen molar-refractivity contribution < 1.29 is 13.2 Å². The third kappa shape index (κ3) is 4.05. The van der Waals surface area contributed by atoms with Crippen molar-refractivity contribution in [3.63, 3.8) is 0 Å². The number of benzene rings is 2. The van der Waals surface area contributed by atoms with Gasteiger partial charge in [0.2, 0.25) is 5.91 Å². The lowest BCUT2D eigenvalue weighted by molar-refractivity contribution is -0.129. The summed E-state index contributed by atoms with van der Waals surface area (Å²) in [6, 6.07) is 14.0. The summed E-state index contributed by atoms with van der Waals surface area (Å²) in [5.41, 5.74) is 2.06. The van der Waals surface area contributed by atoms with E-state index in [1.165, 1.54) is 12.1 Å². The van der Waals surface area contributed by atoms with Crippen LogP contribution in [-0.2, 0) is 21.1 Å². The number of rotatable bonds is 4. The Bertz CT molecular complexity index is 878. The summed E-state index contributed by atoms with van der Waals surface area (Å²) in [5.74, 6) is -0.0283. The molecule has 0 N–H and O–H groups in total. The highest BCUT2D eigenvalue weighted by Crippen LogP contribution is 2.25. The number of amides is 1. The monoisotopic (exact) mass is 377 g/mol.